The van der Waals surface area contributed by atoms with Crippen LogP contribution in [0.1, 0.15) is 22.3 Å². The van der Waals surface area contributed by atoms with Gasteiger partial charge in [-0.1, -0.05) is 24.3 Å². The molecule has 1 fully saturated rings. The van der Waals surface area contributed by atoms with E-state index in [1.807, 2.05) is 0 Å². The topological polar surface area (TPSA) is 71.2 Å². The van der Waals surface area contributed by atoms with Gasteiger partial charge in [-0.2, -0.15) is 0 Å². The number of para-hydroxylation sites is 2. The minimum atomic E-state index is -0.354. The Kier molecular flexibility index (Phi) is 5.04. The standard InChI is InChI=1S/C22H21FN4O/c23-18-12-15(14-27-10-3-11-27)13-25-21(18)16-6-8-17(9-7-16)22(28)26-20-5-2-1-4-19(20)24/h1-2,4-9,12-13H,3,10-11,14,24H2,(H,26,28). The van der Waals surface area contributed by atoms with Gasteiger partial charge >= 0.3 is 0 Å². The minimum absolute atomic E-state index is 0.275. The van der Waals surface area contributed by atoms with Crippen molar-refractivity contribution in [2.24, 2.45) is 0 Å². The zero-order valence-corrected chi connectivity index (χ0v) is 15.4. The maximum atomic E-state index is 14.5. The fraction of sp³-hybridized carbons (Fsp3) is 0.182. The maximum Gasteiger partial charge on any atom is 0.255 e. The molecule has 2 heterocycles. The van der Waals surface area contributed by atoms with Crippen LogP contribution in [0, 0.1) is 5.82 Å². The number of anilines is 2. The van der Waals surface area contributed by atoms with Crippen LogP contribution in [-0.4, -0.2) is 28.9 Å². The Bertz CT molecular complexity index is 1000. The fourth-order valence-electron chi connectivity index (χ4n) is 3.16. The molecule has 0 aliphatic carbocycles. The summed E-state index contributed by atoms with van der Waals surface area (Å²) in [6.45, 7) is 2.84. The highest BCUT2D eigenvalue weighted by atomic mass is 19.1. The van der Waals surface area contributed by atoms with Gasteiger partial charge in [0.05, 0.1) is 11.4 Å². The number of nitrogens with zero attached hydrogens (tertiary/aromatic N) is 2. The molecular weight excluding hydrogens is 355 g/mol. The molecule has 0 bridgehead atoms. The summed E-state index contributed by atoms with van der Waals surface area (Å²) in [4.78, 5) is 18.9. The zero-order chi connectivity index (χ0) is 19.5. The number of hydrogen-bond donors (Lipinski definition) is 2. The van der Waals surface area contributed by atoms with Gasteiger partial charge in [-0.3, -0.25) is 14.7 Å². The van der Waals surface area contributed by atoms with Gasteiger partial charge in [0.15, 0.2) is 0 Å². The molecule has 1 aliphatic rings. The number of likely N-dealkylation sites (tertiary alicyclic amines) is 1. The zero-order valence-electron chi connectivity index (χ0n) is 15.4. The number of carbonyl (C=O) groups excluding carboxylic acids is 1. The number of nitrogens with one attached hydrogen (secondary N) is 1. The van der Waals surface area contributed by atoms with E-state index in [1.165, 1.54) is 6.42 Å². The lowest BCUT2D eigenvalue weighted by Crippen LogP contribution is -2.36. The molecule has 142 valence electrons. The first-order valence-corrected chi connectivity index (χ1v) is 9.23. The van der Waals surface area contributed by atoms with Gasteiger partial charge in [0, 0.05) is 23.9 Å². The van der Waals surface area contributed by atoms with Crippen LogP contribution in [-0.2, 0) is 6.54 Å². The van der Waals surface area contributed by atoms with E-state index in [9.17, 15) is 9.18 Å². The number of hydrogen-bond acceptors (Lipinski definition) is 4. The van der Waals surface area contributed by atoms with Crippen LogP contribution in [0.5, 0.6) is 0 Å². The van der Waals surface area contributed by atoms with Gasteiger partial charge in [-0.05, 0) is 55.4 Å². The summed E-state index contributed by atoms with van der Waals surface area (Å²) in [6.07, 6.45) is 2.92. The van der Waals surface area contributed by atoms with Crippen LogP contribution in [0.2, 0.25) is 0 Å². The van der Waals surface area contributed by atoms with Crippen LogP contribution >= 0.6 is 0 Å². The third-order valence-electron chi connectivity index (χ3n) is 4.88. The Hall–Kier alpha value is -3.25. The van der Waals surface area contributed by atoms with E-state index < -0.39 is 0 Å². The van der Waals surface area contributed by atoms with E-state index >= 15 is 0 Å². The summed E-state index contributed by atoms with van der Waals surface area (Å²) in [6, 6.07) is 15.3. The molecule has 0 atom stereocenters. The molecule has 1 amide bonds. The monoisotopic (exact) mass is 376 g/mol. The Labute approximate surface area is 163 Å². The van der Waals surface area contributed by atoms with E-state index in [2.05, 4.69) is 15.2 Å². The molecule has 4 rings (SSSR count). The van der Waals surface area contributed by atoms with Crippen molar-refractivity contribution >= 4 is 17.3 Å². The molecule has 0 radical (unpaired) electrons. The van der Waals surface area contributed by atoms with Crippen molar-refractivity contribution in [3.05, 3.63) is 77.7 Å². The third kappa shape index (κ3) is 3.87. The maximum absolute atomic E-state index is 14.5. The second kappa shape index (κ2) is 7.78. The van der Waals surface area contributed by atoms with Gasteiger partial charge < -0.3 is 11.1 Å². The van der Waals surface area contributed by atoms with E-state index in [0.29, 0.717) is 22.5 Å². The highest BCUT2D eigenvalue weighted by Gasteiger charge is 2.16. The highest BCUT2D eigenvalue weighted by molar-refractivity contribution is 6.05. The van der Waals surface area contributed by atoms with Crippen molar-refractivity contribution in [3.63, 3.8) is 0 Å². The van der Waals surface area contributed by atoms with E-state index in [1.54, 1.807) is 60.8 Å². The number of aromatic nitrogens is 1. The molecule has 3 N–H and O–H groups in total. The second-order valence-corrected chi connectivity index (χ2v) is 6.92. The van der Waals surface area contributed by atoms with Crippen molar-refractivity contribution in [2.45, 2.75) is 13.0 Å². The first-order valence-electron chi connectivity index (χ1n) is 9.23. The molecule has 0 spiro atoms. The number of pyridine rings is 1. The molecule has 0 saturated carbocycles. The predicted molar refractivity (Wildman–Crippen MR) is 108 cm³/mol. The lowest BCUT2D eigenvalue weighted by molar-refractivity contribution is 0.102. The Morgan fingerprint density at radius 1 is 1.14 bits per heavy atom. The average Bonchev–Trinajstić information content (AvgIpc) is 2.67. The SMILES string of the molecule is Nc1ccccc1NC(=O)c1ccc(-c2ncc(CN3CCC3)cc2F)cc1. The lowest BCUT2D eigenvalue weighted by Gasteiger charge is -2.30. The van der Waals surface area contributed by atoms with Gasteiger partial charge in [0.1, 0.15) is 11.5 Å². The van der Waals surface area contributed by atoms with Gasteiger partial charge in [0.25, 0.3) is 5.91 Å². The van der Waals surface area contributed by atoms with E-state index in [-0.39, 0.29) is 17.4 Å². The van der Waals surface area contributed by atoms with E-state index in [4.69, 9.17) is 5.73 Å². The van der Waals surface area contributed by atoms with Crippen molar-refractivity contribution in [3.8, 4) is 11.3 Å². The molecular formula is C22H21FN4O. The van der Waals surface area contributed by atoms with Crippen LogP contribution in [0.3, 0.4) is 0 Å². The van der Waals surface area contributed by atoms with Gasteiger partial charge in [-0.15, -0.1) is 0 Å². The number of nitrogen functional groups attached to an aromatic ring is 1. The van der Waals surface area contributed by atoms with E-state index in [0.717, 1.165) is 25.2 Å². The number of carbonyl (C=O) groups is 1. The first kappa shape index (κ1) is 18.1. The fourth-order valence-corrected chi connectivity index (χ4v) is 3.16. The Morgan fingerprint density at radius 3 is 2.54 bits per heavy atom. The lowest BCUT2D eigenvalue weighted by atomic mass is 10.1. The van der Waals surface area contributed by atoms with Crippen molar-refractivity contribution in [1.29, 1.82) is 0 Å². The van der Waals surface area contributed by atoms with Gasteiger partial charge in [-0.25, -0.2) is 4.39 Å². The first-order chi connectivity index (χ1) is 13.6. The smallest absolute Gasteiger partial charge is 0.255 e. The summed E-state index contributed by atoms with van der Waals surface area (Å²) >= 11 is 0. The number of benzene rings is 2. The van der Waals surface area contributed by atoms with Crippen LogP contribution in [0.4, 0.5) is 15.8 Å². The Balaban J connectivity index is 1.48. The molecule has 3 aromatic rings. The predicted octanol–water partition coefficient (Wildman–Crippen LogP) is 3.93. The summed E-state index contributed by atoms with van der Waals surface area (Å²) < 4.78 is 14.5. The summed E-state index contributed by atoms with van der Waals surface area (Å²) in [7, 11) is 0. The van der Waals surface area contributed by atoms with Gasteiger partial charge in [0.2, 0.25) is 0 Å². The molecule has 6 heteroatoms. The van der Waals surface area contributed by atoms with Crippen molar-refractivity contribution in [2.75, 3.05) is 24.1 Å². The van der Waals surface area contributed by atoms with Crippen LogP contribution in [0.15, 0.2) is 60.8 Å². The number of halogens is 1. The molecule has 1 aliphatic heterocycles. The van der Waals surface area contributed by atoms with Crippen molar-refractivity contribution < 1.29 is 9.18 Å². The average molecular weight is 376 g/mol. The molecule has 5 nitrogen and oxygen atoms in total. The molecule has 1 aromatic heterocycles. The number of rotatable bonds is 5. The molecule has 28 heavy (non-hydrogen) atoms. The number of amides is 1. The van der Waals surface area contributed by atoms with Crippen LogP contribution in [0.25, 0.3) is 11.3 Å². The van der Waals surface area contributed by atoms with Crippen molar-refractivity contribution in [1.82, 2.24) is 9.88 Å². The number of nitrogens with two attached hydrogens (primary N) is 1. The van der Waals surface area contributed by atoms with Crippen LogP contribution < -0.4 is 11.1 Å². The largest absolute Gasteiger partial charge is 0.397 e. The normalized spacial score (nSPS) is 13.8. The summed E-state index contributed by atoms with van der Waals surface area (Å²) in [5.41, 5.74) is 9.15. The summed E-state index contributed by atoms with van der Waals surface area (Å²) in [5.74, 6) is -0.630. The molecule has 0 unspecified atom stereocenters. The molecule has 1 saturated heterocycles. The Morgan fingerprint density at radius 2 is 1.89 bits per heavy atom. The molecule has 2 aromatic carbocycles. The minimum Gasteiger partial charge on any atom is -0.397 e. The second-order valence-electron chi connectivity index (χ2n) is 6.92. The quantitative estimate of drug-likeness (QED) is 0.662. The third-order valence-corrected chi connectivity index (χ3v) is 4.88. The highest BCUT2D eigenvalue weighted by Crippen LogP contribution is 2.23. The summed E-state index contributed by atoms with van der Waals surface area (Å²) in [5, 5.41) is 2.78.